The summed E-state index contributed by atoms with van der Waals surface area (Å²) in [5.74, 6) is 1.05. The second-order valence-electron chi connectivity index (χ2n) is 11.4. The van der Waals surface area contributed by atoms with Gasteiger partial charge in [-0.1, -0.05) is 200 Å². The van der Waals surface area contributed by atoms with Crippen LogP contribution in [0.1, 0.15) is 200 Å². The van der Waals surface area contributed by atoms with Crippen LogP contribution in [0.15, 0.2) is 0 Å². The van der Waals surface area contributed by atoms with Crippen LogP contribution in [-0.4, -0.2) is 0 Å². The van der Waals surface area contributed by atoms with Gasteiger partial charge in [0, 0.05) is 0 Å². The third-order valence-corrected chi connectivity index (χ3v) is 8.19. The molecule has 0 radical (unpaired) electrons. The summed E-state index contributed by atoms with van der Waals surface area (Å²) < 4.78 is 0. The average molecular weight is 449 g/mol. The van der Waals surface area contributed by atoms with Gasteiger partial charge < -0.3 is 0 Å². The molecule has 0 N–H and O–H groups in total. The van der Waals surface area contributed by atoms with Gasteiger partial charge in [-0.05, 0) is 5.92 Å². The maximum Gasteiger partial charge on any atom is -0.0414 e. The molecule has 0 heteroatoms. The van der Waals surface area contributed by atoms with Gasteiger partial charge in [0.1, 0.15) is 0 Å². The second kappa shape index (κ2) is 25.6. The van der Waals surface area contributed by atoms with Gasteiger partial charge >= 0.3 is 0 Å². The lowest BCUT2D eigenvalue weighted by molar-refractivity contribution is 0.365. The van der Waals surface area contributed by atoms with E-state index in [2.05, 4.69) is 6.92 Å². The molecule has 0 heterocycles. The van der Waals surface area contributed by atoms with Gasteiger partial charge in [0.15, 0.2) is 0 Å². The predicted octanol–water partition coefficient (Wildman–Crippen LogP) is 12.3. The zero-order valence-corrected chi connectivity index (χ0v) is 22.8. The van der Waals surface area contributed by atoms with Gasteiger partial charge in [-0.3, -0.25) is 0 Å². The standard InChI is InChI=1S/C32H64/c1-2-3-4-5-6-7-14-17-20-23-26-29-32-30-27-24-21-18-15-12-10-8-9-11-13-16-19-22-25-28-31-32/h32H,2-31H2,1H3. The van der Waals surface area contributed by atoms with E-state index in [0.717, 1.165) is 5.92 Å². The van der Waals surface area contributed by atoms with Gasteiger partial charge in [-0.15, -0.1) is 0 Å². The normalized spacial score (nSPS) is 19.8. The van der Waals surface area contributed by atoms with Crippen molar-refractivity contribution in [2.45, 2.75) is 200 Å². The minimum absolute atomic E-state index is 1.05. The van der Waals surface area contributed by atoms with Crippen molar-refractivity contribution < 1.29 is 0 Å². The fourth-order valence-electron chi connectivity index (χ4n) is 5.87. The molecule has 32 heavy (non-hydrogen) atoms. The highest BCUT2D eigenvalue weighted by Gasteiger charge is 2.09. The first-order valence-corrected chi connectivity index (χ1v) is 15.9. The fraction of sp³-hybridized carbons (Fsp3) is 1.00. The summed E-state index contributed by atoms with van der Waals surface area (Å²) in [5, 5.41) is 0. The SMILES string of the molecule is CCCCCCCCCCCCCC1CCCCCCCCCCCCCCCCCC1. The van der Waals surface area contributed by atoms with Crippen LogP contribution in [-0.2, 0) is 0 Å². The van der Waals surface area contributed by atoms with E-state index in [0.29, 0.717) is 0 Å². The van der Waals surface area contributed by atoms with E-state index in [1.165, 1.54) is 193 Å². The first-order valence-electron chi connectivity index (χ1n) is 15.9. The molecule has 0 saturated heterocycles. The van der Waals surface area contributed by atoms with Crippen LogP contribution in [0.3, 0.4) is 0 Å². The minimum Gasteiger partial charge on any atom is -0.0654 e. The molecule has 0 nitrogen and oxygen atoms in total. The summed E-state index contributed by atoms with van der Waals surface area (Å²) in [5.41, 5.74) is 0. The number of hydrogen-bond acceptors (Lipinski definition) is 0. The Morgan fingerprint density at radius 3 is 0.969 bits per heavy atom. The summed E-state index contributed by atoms with van der Waals surface area (Å²) in [6.07, 6.45) is 45.0. The highest BCUT2D eigenvalue weighted by molar-refractivity contribution is 4.62. The predicted molar refractivity (Wildman–Crippen MR) is 148 cm³/mol. The molecular formula is C32H64. The van der Waals surface area contributed by atoms with Gasteiger partial charge in [-0.2, -0.15) is 0 Å². The Balaban J connectivity index is 2.10. The summed E-state index contributed by atoms with van der Waals surface area (Å²) in [7, 11) is 0. The van der Waals surface area contributed by atoms with E-state index < -0.39 is 0 Å². The van der Waals surface area contributed by atoms with Crippen LogP contribution in [0, 0.1) is 5.92 Å². The third-order valence-electron chi connectivity index (χ3n) is 8.19. The molecule has 0 amide bonds. The molecule has 1 rings (SSSR count). The molecule has 1 aliphatic carbocycles. The Bertz CT molecular complexity index is 313. The summed E-state index contributed by atoms with van der Waals surface area (Å²) in [4.78, 5) is 0. The second-order valence-corrected chi connectivity index (χ2v) is 11.4. The van der Waals surface area contributed by atoms with Crippen molar-refractivity contribution in [1.29, 1.82) is 0 Å². The lowest BCUT2D eigenvalue weighted by Crippen LogP contribution is -2.01. The Kier molecular flexibility index (Phi) is 24.0. The molecule has 1 saturated carbocycles. The van der Waals surface area contributed by atoms with E-state index in [1.54, 1.807) is 0 Å². The van der Waals surface area contributed by atoms with E-state index >= 15 is 0 Å². The van der Waals surface area contributed by atoms with Crippen molar-refractivity contribution in [3.8, 4) is 0 Å². The van der Waals surface area contributed by atoms with Crippen molar-refractivity contribution in [2.75, 3.05) is 0 Å². The Morgan fingerprint density at radius 2 is 0.625 bits per heavy atom. The molecule has 0 aliphatic heterocycles. The lowest BCUT2D eigenvalue weighted by Gasteiger charge is -2.17. The van der Waals surface area contributed by atoms with Gasteiger partial charge in [-0.25, -0.2) is 0 Å². The summed E-state index contributed by atoms with van der Waals surface area (Å²) in [6.45, 7) is 2.32. The number of hydrogen-bond donors (Lipinski definition) is 0. The summed E-state index contributed by atoms with van der Waals surface area (Å²) in [6, 6.07) is 0. The van der Waals surface area contributed by atoms with Crippen LogP contribution < -0.4 is 0 Å². The van der Waals surface area contributed by atoms with Crippen LogP contribution in [0.25, 0.3) is 0 Å². The van der Waals surface area contributed by atoms with Gasteiger partial charge in [0.2, 0.25) is 0 Å². The topological polar surface area (TPSA) is 0 Å². The van der Waals surface area contributed by atoms with E-state index in [-0.39, 0.29) is 0 Å². The van der Waals surface area contributed by atoms with Gasteiger partial charge in [0.25, 0.3) is 0 Å². The number of rotatable bonds is 12. The monoisotopic (exact) mass is 449 g/mol. The molecule has 0 aromatic rings. The van der Waals surface area contributed by atoms with Crippen molar-refractivity contribution in [1.82, 2.24) is 0 Å². The molecule has 0 aromatic heterocycles. The Labute approximate surface area is 205 Å². The smallest absolute Gasteiger partial charge is 0.0414 e. The van der Waals surface area contributed by atoms with E-state index in [4.69, 9.17) is 0 Å². The van der Waals surface area contributed by atoms with Crippen molar-refractivity contribution in [2.24, 2.45) is 5.92 Å². The molecule has 0 spiro atoms. The molecule has 192 valence electrons. The zero-order chi connectivity index (χ0) is 22.8. The highest BCUT2D eigenvalue weighted by atomic mass is 14.1. The minimum atomic E-state index is 1.05. The summed E-state index contributed by atoms with van der Waals surface area (Å²) >= 11 is 0. The fourth-order valence-corrected chi connectivity index (χ4v) is 5.87. The van der Waals surface area contributed by atoms with Crippen molar-refractivity contribution in [3.63, 3.8) is 0 Å². The largest absolute Gasteiger partial charge is 0.0654 e. The molecule has 1 aliphatic rings. The van der Waals surface area contributed by atoms with Crippen molar-refractivity contribution >= 4 is 0 Å². The zero-order valence-electron chi connectivity index (χ0n) is 22.8. The third kappa shape index (κ3) is 21.8. The molecule has 0 bridgehead atoms. The molecule has 0 atom stereocenters. The van der Waals surface area contributed by atoms with E-state index in [9.17, 15) is 0 Å². The maximum atomic E-state index is 2.32. The van der Waals surface area contributed by atoms with E-state index in [1.807, 2.05) is 0 Å². The Morgan fingerprint density at radius 1 is 0.344 bits per heavy atom. The number of unbranched alkanes of at least 4 members (excludes halogenated alkanes) is 10. The maximum absolute atomic E-state index is 2.32. The first-order chi connectivity index (χ1) is 15.9. The molecule has 0 aromatic carbocycles. The quantitative estimate of drug-likeness (QED) is 0.260. The average Bonchev–Trinajstić information content (AvgIpc) is 2.80. The first kappa shape index (κ1) is 30.0. The van der Waals surface area contributed by atoms with Crippen LogP contribution >= 0.6 is 0 Å². The molecular weight excluding hydrogens is 384 g/mol. The van der Waals surface area contributed by atoms with Crippen LogP contribution in [0.5, 0.6) is 0 Å². The van der Waals surface area contributed by atoms with Crippen molar-refractivity contribution in [3.05, 3.63) is 0 Å². The lowest BCUT2D eigenvalue weighted by atomic mass is 9.89. The Hall–Kier alpha value is 0. The van der Waals surface area contributed by atoms with Crippen LogP contribution in [0.2, 0.25) is 0 Å². The van der Waals surface area contributed by atoms with Crippen LogP contribution in [0.4, 0.5) is 0 Å². The molecule has 1 fully saturated rings. The molecule has 0 unspecified atom stereocenters. The highest BCUT2D eigenvalue weighted by Crippen LogP contribution is 2.25. The van der Waals surface area contributed by atoms with Gasteiger partial charge in [0.05, 0.1) is 0 Å².